The van der Waals surface area contributed by atoms with Crippen molar-refractivity contribution in [3.63, 3.8) is 0 Å². The second-order valence-electron chi connectivity index (χ2n) is 3.38. The van der Waals surface area contributed by atoms with Crippen LogP contribution in [0.3, 0.4) is 0 Å². The molecule has 1 aromatic rings. The van der Waals surface area contributed by atoms with E-state index in [9.17, 15) is 0 Å². The summed E-state index contributed by atoms with van der Waals surface area (Å²) in [6.07, 6.45) is 0.760. The van der Waals surface area contributed by atoms with Crippen LogP contribution in [0, 0.1) is 6.92 Å². The van der Waals surface area contributed by atoms with Gasteiger partial charge in [0.15, 0.2) is 5.84 Å². The van der Waals surface area contributed by atoms with Gasteiger partial charge in [0.2, 0.25) is 0 Å². The van der Waals surface area contributed by atoms with Crippen molar-refractivity contribution in [1.29, 1.82) is 0 Å². The van der Waals surface area contributed by atoms with Gasteiger partial charge in [-0.05, 0) is 25.5 Å². The summed E-state index contributed by atoms with van der Waals surface area (Å²) in [5, 5.41) is 14.7. The molecule has 0 radical (unpaired) electrons. The smallest absolute Gasteiger partial charge is 0.156 e. The number of furan rings is 1. The molecule has 5 nitrogen and oxygen atoms in total. The molecule has 5 heteroatoms. The highest BCUT2D eigenvalue weighted by molar-refractivity contribution is 5.85. The summed E-state index contributed by atoms with van der Waals surface area (Å²) in [5.41, 5.74) is 5.50. The van der Waals surface area contributed by atoms with Gasteiger partial charge in [0, 0.05) is 0 Å². The Morgan fingerprint density at radius 1 is 1.67 bits per heavy atom. The molecule has 15 heavy (non-hydrogen) atoms. The molecule has 84 valence electrons. The van der Waals surface area contributed by atoms with Crippen molar-refractivity contribution in [2.75, 3.05) is 0 Å². The van der Waals surface area contributed by atoms with Gasteiger partial charge in [-0.1, -0.05) is 12.1 Å². The average molecular weight is 211 g/mol. The highest BCUT2D eigenvalue weighted by atomic mass is 16.4. The molecule has 1 heterocycles. The van der Waals surface area contributed by atoms with Gasteiger partial charge in [-0.3, -0.25) is 0 Å². The molecule has 0 aromatic carbocycles. The zero-order valence-corrected chi connectivity index (χ0v) is 9.03. The van der Waals surface area contributed by atoms with Crippen molar-refractivity contribution in [2.24, 2.45) is 10.9 Å². The Morgan fingerprint density at radius 2 is 2.40 bits per heavy atom. The summed E-state index contributed by atoms with van der Waals surface area (Å²) in [6, 6.07) is 3.68. The van der Waals surface area contributed by atoms with Crippen molar-refractivity contribution in [1.82, 2.24) is 5.32 Å². The SMILES string of the molecule is CCC(NCc1ccc(C)o1)C(N)=NO. The Balaban J connectivity index is 2.48. The lowest BCUT2D eigenvalue weighted by atomic mass is 10.2. The number of hydrogen-bond donors (Lipinski definition) is 3. The summed E-state index contributed by atoms with van der Waals surface area (Å²) >= 11 is 0. The monoisotopic (exact) mass is 211 g/mol. The topological polar surface area (TPSA) is 83.8 Å². The van der Waals surface area contributed by atoms with E-state index in [4.69, 9.17) is 15.4 Å². The number of nitrogens with zero attached hydrogens (tertiary/aromatic N) is 1. The van der Waals surface area contributed by atoms with E-state index in [-0.39, 0.29) is 11.9 Å². The maximum Gasteiger partial charge on any atom is 0.156 e. The minimum absolute atomic E-state index is 0.125. The van der Waals surface area contributed by atoms with Gasteiger partial charge < -0.3 is 20.7 Å². The van der Waals surface area contributed by atoms with Crippen LogP contribution in [0.5, 0.6) is 0 Å². The number of nitrogens with one attached hydrogen (secondary N) is 1. The van der Waals surface area contributed by atoms with E-state index < -0.39 is 0 Å². The fourth-order valence-corrected chi connectivity index (χ4v) is 1.33. The van der Waals surface area contributed by atoms with Crippen molar-refractivity contribution in [2.45, 2.75) is 32.9 Å². The Labute approximate surface area is 88.9 Å². The fourth-order valence-electron chi connectivity index (χ4n) is 1.33. The van der Waals surface area contributed by atoms with Crippen molar-refractivity contribution in [3.05, 3.63) is 23.7 Å². The minimum atomic E-state index is -0.125. The maximum absolute atomic E-state index is 8.54. The quantitative estimate of drug-likeness (QED) is 0.296. The van der Waals surface area contributed by atoms with Crippen molar-refractivity contribution >= 4 is 5.84 Å². The van der Waals surface area contributed by atoms with Crippen LogP contribution in [0.2, 0.25) is 0 Å². The van der Waals surface area contributed by atoms with Crippen LogP contribution < -0.4 is 11.1 Å². The zero-order valence-electron chi connectivity index (χ0n) is 9.03. The van der Waals surface area contributed by atoms with Gasteiger partial charge in [0.1, 0.15) is 11.5 Å². The summed E-state index contributed by atoms with van der Waals surface area (Å²) < 4.78 is 5.39. The molecule has 0 bridgehead atoms. The summed E-state index contributed by atoms with van der Waals surface area (Å²) in [6.45, 7) is 4.43. The molecule has 0 spiro atoms. The van der Waals surface area contributed by atoms with E-state index >= 15 is 0 Å². The third-order valence-corrected chi connectivity index (χ3v) is 2.20. The molecule has 1 atom stereocenters. The second kappa shape index (κ2) is 5.41. The van der Waals surface area contributed by atoms with E-state index in [1.807, 2.05) is 26.0 Å². The lowest BCUT2D eigenvalue weighted by molar-refractivity contribution is 0.313. The fraction of sp³-hybridized carbons (Fsp3) is 0.500. The Bertz CT molecular complexity index is 333. The van der Waals surface area contributed by atoms with Crippen LogP contribution >= 0.6 is 0 Å². The lowest BCUT2D eigenvalue weighted by Gasteiger charge is -2.13. The first-order valence-electron chi connectivity index (χ1n) is 4.93. The highest BCUT2D eigenvalue weighted by Crippen LogP contribution is 2.06. The molecular formula is C10H17N3O2. The van der Waals surface area contributed by atoms with Gasteiger partial charge in [-0.25, -0.2) is 0 Å². The normalized spacial score (nSPS) is 14.1. The lowest BCUT2D eigenvalue weighted by Crippen LogP contribution is -2.40. The number of aryl methyl sites for hydroxylation is 1. The number of hydrogen-bond acceptors (Lipinski definition) is 4. The molecule has 1 aromatic heterocycles. The summed E-state index contributed by atoms with van der Waals surface area (Å²) in [7, 11) is 0. The summed E-state index contributed by atoms with van der Waals surface area (Å²) in [5.74, 6) is 1.92. The van der Waals surface area contributed by atoms with E-state index in [1.165, 1.54) is 0 Å². The van der Waals surface area contributed by atoms with E-state index in [0.717, 1.165) is 17.9 Å². The molecule has 0 aliphatic rings. The predicted octanol–water partition coefficient (Wildman–Crippen LogP) is 1.20. The molecule has 4 N–H and O–H groups in total. The molecule has 0 saturated carbocycles. The van der Waals surface area contributed by atoms with E-state index in [0.29, 0.717) is 6.54 Å². The Hall–Kier alpha value is -1.49. The second-order valence-corrected chi connectivity index (χ2v) is 3.38. The van der Waals surface area contributed by atoms with Gasteiger partial charge in [0.05, 0.1) is 12.6 Å². The van der Waals surface area contributed by atoms with Gasteiger partial charge >= 0.3 is 0 Å². The van der Waals surface area contributed by atoms with Crippen LogP contribution in [0.25, 0.3) is 0 Å². The maximum atomic E-state index is 8.54. The molecule has 0 saturated heterocycles. The van der Waals surface area contributed by atoms with Gasteiger partial charge in [-0.15, -0.1) is 0 Å². The van der Waals surface area contributed by atoms with Crippen LogP contribution in [0.4, 0.5) is 0 Å². The van der Waals surface area contributed by atoms with Crippen molar-refractivity contribution < 1.29 is 9.62 Å². The van der Waals surface area contributed by atoms with Crippen LogP contribution in [-0.2, 0) is 6.54 Å². The standard InChI is InChI=1S/C10H17N3O2/c1-3-9(10(11)13-14)12-6-8-5-4-7(2)15-8/h4-5,9,12,14H,3,6H2,1-2H3,(H2,11,13). The number of amidine groups is 1. The van der Waals surface area contributed by atoms with E-state index in [2.05, 4.69) is 10.5 Å². The highest BCUT2D eigenvalue weighted by Gasteiger charge is 2.11. The largest absolute Gasteiger partial charge is 0.465 e. The molecule has 0 aliphatic carbocycles. The number of nitrogens with two attached hydrogens (primary N) is 1. The summed E-state index contributed by atoms with van der Waals surface area (Å²) in [4.78, 5) is 0. The van der Waals surface area contributed by atoms with Crippen LogP contribution in [-0.4, -0.2) is 17.1 Å². The number of oxime groups is 1. The van der Waals surface area contributed by atoms with Crippen LogP contribution in [0.15, 0.2) is 21.7 Å². The molecule has 0 aliphatic heterocycles. The first-order chi connectivity index (χ1) is 7.17. The van der Waals surface area contributed by atoms with Gasteiger partial charge in [-0.2, -0.15) is 0 Å². The van der Waals surface area contributed by atoms with Crippen LogP contribution in [0.1, 0.15) is 24.9 Å². The third-order valence-electron chi connectivity index (χ3n) is 2.20. The number of rotatable bonds is 5. The molecule has 0 amide bonds. The first kappa shape index (κ1) is 11.6. The molecule has 0 fully saturated rings. The molecule has 1 rings (SSSR count). The minimum Gasteiger partial charge on any atom is -0.465 e. The first-order valence-corrected chi connectivity index (χ1v) is 4.93. The zero-order chi connectivity index (χ0) is 11.3. The predicted molar refractivity (Wildman–Crippen MR) is 57.8 cm³/mol. The third kappa shape index (κ3) is 3.28. The Kier molecular flexibility index (Phi) is 4.17. The molecule has 1 unspecified atom stereocenters. The molecular weight excluding hydrogens is 194 g/mol. The average Bonchev–Trinajstić information content (AvgIpc) is 2.64. The van der Waals surface area contributed by atoms with E-state index in [1.54, 1.807) is 0 Å². The van der Waals surface area contributed by atoms with Crippen molar-refractivity contribution in [3.8, 4) is 0 Å². The Morgan fingerprint density at radius 3 is 2.87 bits per heavy atom. The van der Waals surface area contributed by atoms with Gasteiger partial charge in [0.25, 0.3) is 0 Å².